The van der Waals surface area contributed by atoms with Gasteiger partial charge < -0.3 is 41.3 Å². The number of aliphatic carboxylic acids is 3. The number of carboxylic acid groups (broad SMARTS) is 3. The third kappa shape index (κ3) is 19.1. The van der Waals surface area contributed by atoms with E-state index in [1.165, 1.54) is 0 Å². The zero-order valence-electron chi connectivity index (χ0n) is 29.9. The highest BCUT2D eigenvalue weighted by atomic mass is 16.5. The molecule has 0 unspecified atom stereocenters. The molecule has 0 bridgehead atoms. The summed E-state index contributed by atoms with van der Waals surface area (Å²) in [4.78, 5) is 85.0. The lowest BCUT2D eigenvalue weighted by molar-refractivity contribution is -0.143. The van der Waals surface area contributed by atoms with Gasteiger partial charge in [0, 0.05) is 38.3 Å². The van der Waals surface area contributed by atoms with E-state index in [-0.39, 0.29) is 75.0 Å². The summed E-state index contributed by atoms with van der Waals surface area (Å²) < 4.78 is 5.36. The summed E-state index contributed by atoms with van der Waals surface area (Å²) in [5.41, 5.74) is -0.840. The fraction of sp³-hybridized carbons (Fsp3) is 0.794. The molecule has 1 fully saturated rings. The molecular formula is C34H58N4O11. The molecule has 1 aliphatic rings. The van der Waals surface area contributed by atoms with Gasteiger partial charge in [0.25, 0.3) is 0 Å². The first-order valence-electron chi connectivity index (χ1n) is 17.1. The number of amides is 4. The van der Waals surface area contributed by atoms with Crippen molar-refractivity contribution < 1.29 is 53.6 Å². The Morgan fingerprint density at radius 2 is 1.33 bits per heavy atom. The number of rotatable bonds is 23. The van der Waals surface area contributed by atoms with Crippen molar-refractivity contribution in [1.82, 2.24) is 21.3 Å². The molecule has 7 N–H and O–H groups in total. The van der Waals surface area contributed by atoms with Crippen molar-refractivity contribution in [3.8, 4) is 0 Å². The lowest BCUT2D eigenvalue weighted by atomic mass is 9.71. The van der Waals surface area contributed by atoms with Crippen LogP contribution >= 0.6 is 0 Å². The lowest BCUT2D eigenvalue weighted by Gasteiger charge is -2.34. The normalized spacial score (nSPS) is 17.8. The predicted molar refractivity (Wildman–Crippen MR) is 179 cm³/mol. The maximum atomic E-state index is 13.0. The van der Waals surface area contributed by atoms with E-state index in [9.17, 15) is 38.7 Å². The van der Waals surface area contributed by atoms with Crippen LogP contribution in [0.3, 0.4) is 0 Å². The minimum absolute atomic E-state index is 0.0176. The third-order valence-electron chi connectivity index (χ3n) is 8.46. The van der Waals surface area contributed by atoms with Crippen molar-refractivity contribution in [1.29, 1.82) is 0 Å². The number of carboxylic acids is 3. The number of carbonyl (C=O) groups is 7. The minimum atomic E-state index is -1.33. The van der Waals surface area contributed by atoms with Crippen molar-refractivity contribution in [2.75, 3.05) is 19.7 Å². The minimum Gasteiger partial charge on any atom is -0.481 e. The van der Waals surface area contributed by atoms with Crippen LogP contribution in [0.25, 0.3) is 0 Å². The summed E-state index contributed by atoms with van der Waals surface area (Å²) in [6.07, 6.45) is 2.08. The zero-order valence-corrected chi connectivity index (χ0v) is 29.9. The molecule has 0 aliphatic heterocycles. The van der Waals surface area contributed by atoms with Gasteiger partial charge in [0.05, 0.1) is 19.1 Å². The van der Waals surface area contributed by atoms with Gasteiger partial charge in [-0.1, -0.05) is 27.7 Å². The van der Waals surface area contributed by atoms with E-state index in [1.54, 1.807) is 0 Å². The molecule has 0 saturated heterocycles. The van der Waals surface area contributed by atoms with Crippen molar-refractivity contribution in [2.45, 2.75) is 130 Å². The van der Waals surface area contributed by atoms with Crippen molar-refractivity contribution >= 4 is 41.5 Å². The predicted octanol–water partition coefficient (Wildman–Crippen LogP) is 2.46. The van der Waals surface area contributed by atoms with Gasteiger partial charge in [0.15, 0.2) is 0 Å². The van der Waals surface area contributed by atoms with Crippen LogP contribution in [0.5, 0.6) is 0 Å². The first-order chi connectivity index (χ1) is 22.7. The first-order valence-corrected chi connectivity index (χ1v) is 17.1. The summed E-state index contributed by atoms with van der Waals surface area (Å²) >= 11 is 0. The van der Waals surface area contributed by atoms with Crippen LogP contribution < -0.4 is 21.3 Å². The molecule has 0 heterocycles. The summed E-state index contributed by atoms with van der Waals surface area (Å²) in [7, 11) is 0. The molecule has 1 aliphatic carbocycles. The fourth-order valence-corrected chi connectivity index (χ4v) is 6.43. The van der Waals surface area contributed by atoms with Crippen molar-refractivity contribution in [2.24, 2.45) is 22.7 Å². The Morgan fingerprint density at radius 3 is 1.88 bits per heavy atom. The van der Waals surface area contributed by atoms with Crippen LogP contribution in [0.4, 0.5) is 0 Å². The number of carbonyl (C=O) groups excluding carboxylic acids is 4. The van der Waals surface area contributed by atoms with Gasteiger partial charge in [-0.2, -0.15) is 0 Å². The second-order valence-electron chi connectivity index (χ2n) is 15.0. The molecular weight excluding hydrogens is 640 g/mol. The molecule has 0 aromatic rings. The highest BCUT2D eigenvalue weighted by Crippen LogP contribution is 2.38. The molecule has 4 amide bonds. The molecule has 2 atom stereocenters. The second-order valence-corrected chi connectivity index (χ2v) is 15.0. The fourth-order valence-electron chi connectivity index (χ4n) is 6.43. The molecule has 1 rings (SSSR count). The third-order valence-corrected chi connectivity index (χ3v) is 8.46. The highest BCUT2D eigenvalue weighted by Gasteiger charge is 2.33. The molecule has 15 heteroatoms. The topological polar surface area (TPSA) is 238 Å². The largest absolute Gasteiger partial charge is 0.481 e. The number of hydrogen-bond donors (Lipinski definition) is 7. The quantitative estimate of drug-likeness (QED) is 0.0765. The molecule has 1 saturated carbocycles. The summed E-state index contributed by atoms with van der Waals surface area (Å²) in [6, 6.07) is -2.47. The number of ether oxygens (including phenoxy) is 1. The number of hydrogen-bond acceptors (Lipinski definition) is 8. The number of nitrogens with one attached hydrogen (secondary N) is 4. The highest BCUT2D eigenvalue weighted by molar-refractivity contribution is 5.89. The molecule has 0 aromatic heterocycles. The maximum Gasteiger partial charge on any atom is 0.326 e. The Bertz CT molecular complexity index is 1150. The van der Waals surface area contributed by atoms with Gasteiger partial charge in [0.2, 0.25) is 23.6 Å². The second kappa shape index (κ2) is 20.7. The Balaban J connectivity index is 2.55. The van der Waals surface area contributed by atoms with E-state index in [4.69, 9.17) is 14.9 Å². The van der Waals surface area contributed by atoms with E-state index >= 15 is 0 Å². The van der Waals surface area contributed by atoms with Crippen LogP contribution in [0.15, 0.2) is 0 Å². The van der Waals surface area contributed by atoms with E-state index in [0.717, 1.165) is 0 Å². The average Bonchev–Trinajstić information content (AvgIpc) is 2.96. The van der Waals surface area contributed by atoms with Crippen molar-refractivity contribution in [3.63, 3.8) is 0 Å². The van der Waals surface area contributed by atoms with Crippen LogP contribution in [0, 0.1) is 22.7 Å². The van der Waals surface area contributed by atoms with Gasteiger partial charge in [-0.15, -0.1) is 0 Å². The molecule has 280 valence electrons. The Labute approximate surface area is 289 Å². The van der Waals surface area contributed by atoms with E-state index in [0.29, 0.717) is 38.6 Å². The lowest BCUT2D eigenvalue weighted by Crippen LogP contribution is -2.48. The van der Waals surface area contributed by atoms with E-state index in [1.807, 2.05) is 41.5 Å². The van der Waals surface area contributed by atoms with E-state index in [2.05, 4.69) is 21.3 Å². The monoisotopic (exact) mass is 698 g/mol. The van der Waals surface area contributed by atoms with Crippen LogP contribution in [-0.4, -0.2) is 94.7 Å². The molecule has 0 radical (unpaired) electrons. The molecule has 15 nitrogen and oxygen atoms in total. The Morgan fingerprint density at radius 1 is 0.735 bits per heavy atom. The SMILES string of the molecule is CC(C)OCCNC(=O)[C@H](CCC(=O)O)NC(=O)CC[C@H](NC(=O)[C@H]1CC[C@@H](CNC(=O)CC(C)(C)CC(C)(C)CC(=O)O)CC1)C(=O)O. The van der Waals surface area contributed by atoms with Gasteiger partial charge in [0.1, 0.15) is 12.1 Å². The maximum absolute atomic E-state index is 13.0. The van der Waals surface area contributed by atoms with Crippen LogP contribution in [0.1, 0.15) is 112 Å². The van der Waals surface area contributed by atoms with Gasteiger partial charge in [-0.25, -0.2) is 4.79 Å². The van der Waals surface area contributed by atoms with Crippen molar-refractivity contribution in [3.05, 3.63) is 0 Å². The standard InChI is InChI=1S/C34H58N4O11/c1-21(2)49-16-15-35-31(46)24(12-14-28(41)42)37-26(39)13-11-25(32(47)48)38-30(45)23-9-7-22(8-10-23)19-36-27(40)17-33(3,4)20-34(5,6)18-29(43)44/h21-25H,7-20H2,1-6H3,(H,35,46)(H,36,40)(H,37,39)(H,38,45)(H,41,42)(H,43,44)(H,47,48)/t22-,23+,24-,25-/m0/s1. The van der Waals surface area contributed by atoms with Crippen LogP contribution in [-0.2, 0) is 38.3 Å². The van der Waals surface area contributed by atoms with Crippen LogP contribution in [0.2, 0.25) is 0 Å². The first kappa shape index (κ1) is 43.3. The Hall–Kier alpha value is -3.75. The van der Waals surface area contributed by atoms with Gasteiger partial charge >= 0.3 is 17.9 Å². The molecule has 0 spiro atoms. The molecule has 0 aromatic carbocycles. The molecule has 49 heavy (non-hydrogen) atoms. The average molecular weight is 699 g/mol. The van der Waals surface area contributed by atoms with Gasteiger partial charge in [-0.05, 0) is 75.5 Å². The van der Waals surface area contributed by atoms with Gasteiger partial charge in [-0.3, -0.25) is 28.8 Å². The zero-order chi connectivity index (χ0) is 37.4. The summed E-state index contributed by atoms with van der Waals surface area (Å²) in [5.74, 6) is -5.36. The smallest absolute Gasteiger partial charge is 0.326 e. The van der Waals surface area contributed by atoms with E-state index < -0.39 is 59.0 Å². The Kier molecular flexibility index (Phi) is 18.3. The summed E-state index contributed by atoms with van der Waals surface area (Å²) in [6.45, 7) is 12.2. The summed E-state index contributed by atoms with van der Waals surface area (Å²) in [5, 5.41) is 38.4.